The quantitative estimate of drug-likeness (QED) is 0.862. The van der Waals surface area contributed by atoms with Crippen LogP contribution in [0.15, 0.2) is 24.4 Å². The van der Waals surface area contributed by atoms with Gasteiger partial charge in [0.05, 0.1) is 11.8 Å². The molecule has 5 nitrogen and oxygen atoms in total. The summed E-state index contributed by atoms with van der Waals surface area (Å²) in [6.45, 7) is 0. The fourth-order valence-corrected chi connectivity index (χ4v) is 1.68. The third-order valence-corrected chi connectivity index (χ3v) is 2.62. The smallest absolute Gasteiger partial charge is 0.260 e. The molecular weight excluding hydrogens is 250 g/mol. The highest BCUT2D eigenvalue weighted by atomic mass is 35.5. The number of aromatic hydroxyl groups is 1. The van der Waals surface area contributed by atoms with Gasteiger partial charge >= 0.3 is 0 Å². The summed E-state index contributed by atoms with van der Waals surface area (Å²) in [7, 11) is 0. The lowest BCUT2D eigenvalue weighted by Gasteiger charge is -2.04. The largest absolute Gasteiger partial charge is 0.507 e. The van der Waals surface area contributed by atoms with Crippen LogP contribution in [0, 0.1) is 0 Å². The monoisotopic (exact) mass is 255 g/mol. The number of phenolic OH excluding ortho intramolecular Hbond substituents is 1. The van der Waals surface area contributed by atoms with Crippen molar-refractivity contribution >= 4 is 34.0 Å². The van der Waals surface area contributed by atoms with E-state index in [4.69, 9.17) is 11.6 Å². The predicted octanol–water partition coefficient (Wildman–Crippen LogP) is 2.15. The number of anilines is 1. The molecule has 0 atom stereocenters. The van der Waals surface area contributed by atoms with E-state index in [-0.39, 0.29) is 11.3 Å². The molecule has 82 valence electrons. The van der Waals surface area contributed by atoms with E-state index in [1.807, 2.05) is 0 Å². The predicted molar refractivity (Wildman–Crippen MR) is 61.0 cm³/mol. The maximum absolute atomic E-state index is 11.7. The molecule has 0 aliphatic rings. The third-order valence-electron chi connectivity index (χ3n) is 1.80. The molecule has 16 heavy (non-hydrogen) atoms. The summed E-state index contributed by atoms with van der Waals surface area (Å²) in [5, 5.41) is 16.5. The molecule has 7 heteroatoms. The summed E-state index contributed by atoms with van der Waals surface area (Å²) in [5.41, 5.74) is 0.151. The van der Waals surface area contributed by atoms with Gasteiger partial charge in [0.2, 0.25) is 0 Å². The van der Waals surface area contributed by atoms with E-state index in [0.717, 1.165) is 11.5 Å². The Hall–Kier alpha value is -1.66. The maximum Gasteiger partial charge on any atom is 0.260 e. The molecule has 0 saturated carbocycles. The molecular formula is C9H6ClN3O2S. The van der Waals surface area contributed by atoms with Crippen molar-refractivity contribution in [3.63, 3.8) is 0 Å². The molecule has 1 aromatic carbocycles. The number of halogens is 1. The van der Waals surface area contributed by atoms with Crippen LogP contribution in [0.5, 0.6) is 5.75 Å². The zero-order valence-electron chi connectivity index (χ0n) is 7.85. The Balaban J connectivity index is 2.21. The Morgan fingerprint density at radius 2 is 2.31 bits per heavy atom. The van der Waals surface area contributed by atoms with Crippen molar-refractivity contribution in [3.05, 3.63) is 35.0 Å². The number of hydrogen-bond donors (Lipinski definition) is 2. The van der Waals surface area contributed by atoms with Crippen molar-refractivity contribution in [3.8, 4) is 5.75 Å². The lowest BCUT2D eigenvalue weighted by molar-refractivity contribution is 0.102. The van der Waals surface area contributed by atoms with E-state index in [9.17, 15) is 9.90 Å². The number of rotatable bonds is 2. The molecule has 0 radical (unpaired) electrons. The number of phenols is 1. The molecule has 1 heterocycles. The summed E-state index contributed by atoms with van der Waals surface area (Å²) in [4.78, 5) is 11.7. The summed E-state index contributed by atoms with van der Waals surface area (Å²) in [6.07, 6.45) is 1.43. The first-order valence-corrected chi connectivity index (χ1v) is 5.39. The number of amides is 1. The van der Waals surface area contributed by atoms with Gasteiger partial charge in [0.15, 0.2) is 0 Å². The van der Waals surface area contributed by atoms with Gasteiger partial charge in [-0.2, -0.15) is 0 Å². The van der Waals surface area contributed by atoms with E-state index in [1.165, 1.54) is 24.4 Å². The summed E-state index contributed by atoms with van der Waals surface area (Å²) < 4.78 is 3.60. The number of aromatic nitrogens is 2. The molecule has 0 aliphatic heterocycles. The van der Waals surface area contributed by atoms with Crippen molar-refractivity contribution < 1.29 is 9.90 Å². The summed E-state index contributed by atoms with van der Waals surface area (Å²) >= 11 is 6.71. The van der Waals surface area contributed by atoms with Crippen LogP contribution in [-0.2, 0) is 0 Å². The van der Waals surface area contributed by atoms with Crippen LogP contribution in [0.4, 0.5) is 5.00 Å². The second-order valence-electron chi connectivity index (χ2n) is 2.90. The Morgan fingerprint density at radius 1 is 1.50 bits per heavy atom. The van der Waals surface area contributed by atoms with Crippen LogP contribution in [0.2, 0.25) is 5.02 Å². The highest BCUT2D eigenvalue weighted by molar-refractivity contribution is 7.10. The lowest BCUT2D eigenvalue weighted by atomic mass is 10.2. The molecule has 2 N–H and O–H groups in total. The minimum absolute atomic E-state index is 0.151. The number of carbonyl (C=O) groups is 1. The van der Waals surface area contributed by atoms with Gasteiger partial charge in [-0.3, -0.25) is 4.79 Å². The summed E-state index contributed by atoms with van der Waals surface area (Å²) in [6, 6.07) is 4.28. The molecule has 0 unspecified atom stereocenters. The number of benzene rings is 1. The van der Waals surface area contributed by atoms with Gasteiger partial charge in [-0.1, -0.05) is 16.1 Å². The fourth-order valence-electron chi connectivity index (χ4n) is 1.10. The van der Waals surface area contributed by atoms with Crippen LogP contribution < -0.4 is 5.32 Å². The van der Waals surface area contributed by atoms with Crippen LogP contribution in [0.25, 0.3) is 0 Å². The number of nitrogens with zero attached hydrogens (tertiary/aromatic N) is 2. The maximum atomic E-state index is 11.7. The Bertz CT molecular complexity index is 515. The molecule has 1 amide bonds. The molecule has 0 bridgehead atoms. The second-order valence-corrected chi connectivity index (χ2v) is 4.12. The average molecular weight is 256 g/mol. The normalized spacial score (nSPS) is 10.1. The number of carbonyl (C=O) groups excluding carboxylic acids is 1. The van der Waals surface area contributed by atoms with Crippen molar-refractivity contribution in [2.24, 2.45) is 0 Å². The van der Waals surface area contributed by atoms with Gasteiger partial charge in [-0.25, -0.2) is 0 Å². The van der Waals surface area contributed by atoms with Gasteiger partial charge in [-0.15, -0.1) is 5.10 Å². The van der Waals surface area contributed by atoms with E-state index >= 15 is 0 Å². The number of nitrogens with one attached hydrogen (secondary N) is 1. The Kier molecular flexibility index (Phi) is 3.02. The first-order valence-electron chi connectivity index (χ1n) is 4.24. The molecule has 0 saturated heterocycles. The first-order chi connectivity index (χ1) is 7.66. The minimum atomic E-state index is -0.430. The zero-order valence-corrected chi connectivity index (χ0v) is 9.42. The van der Waals surface area contributed by atoms with Gasteiger partial charge < -0.3 is 10.4 Å². The minimum Gasteiger partial charge on any atom is -0.507 e. The lowest BCUT2D eigenvalue weighted by Crippen LogP contribution is -2.10. The van der Waals surface area contributed by atoms with Crippen LogP contribution in [0.3, 0.4) is 0 Å². The number of hydrogen-bond acceptors (Lipinski definition) is 5. The average Bonchev–Trinajstić information content (AvgIpc) is 2.70. The fraction of sp³-hybridized carbons (Fsp3) is 0. The van der Waals surface area contributed by atoms with E-state index in [1.54, 1.807) is 0 Å². The second kappa shape index (κ2) is 4.46. The van der Waals surface area contributed by atoms with Gasteiger partial charge in [0, 0.05) is 16.6 Å². The highest BCUT2D eigenvalue weighted by Crippen LogP contribution is 2.23. The third kappa shape index (κ3) is 2.29. The molecule has 2 rings (SSSR count). The van der Waals surface area contributed by atoms with E-state index < -0.39 is 5.91 Å². The topological polar surface area (TPSA) is 75.1 Å². The van der Waals surface area contributed by atoms with Gasteiger partial charge in [-0.05, 0) is 18.2 Å². The van der Waals surface area contributed by atoms with Crippen molar-refractivity contribution in [1.82, 2.24) is 9.59 Å². The highest BCUT2D eigenvalue weighted by Gasteiger charge is 2.12. The van der Waals surface area contributed by atoms with Crippen molar-refractivity contribution in [2.45, 2.75) is 0 Å². The zero-order chi connectivity index (χ0) is 11.5. The Labute approximate surface area is 99.9 Å². The van der Waals surface area contributed by atoms with Crippen LogP contribution >= 0.6 is 23.1 Å². The van der Waals surface area contributed by atoms with Crippen molar-refractivity contribution in [2.75, 3.05) is 5.32 Å². The molecule has 2 aromatic rings. The SMILES string of the molecule is O=C(Nc1cnns1)c1ccc(Cl)cc1O. The summed E-state index contributed by atoms with van der Waals surface area (Å²) in [5.74, 6) is -0.595. The first kappa shape index (κ1) is 10.8. The van der Waals surface area contributed by atoms with Crippen molar-refractivity contribution in [1.29, 1.82) is 0 Å². The molecule has 0 aliphatic carbocycles. The van der Waals surface area contributed by atoms with E-state index in [0.29, 0.717) is 10.0 Å². The molecule has 0 spiro atoms. The van der Waals surface area contributed by atoms with Crippen LogP contribution in [-0.4, -0.2) is 20.6 Å². The molecule has 1 aromatic heterocycles. The van der Waals surface area contributed by atoms with Gasteiger partial charge in [0.25, 0.3) is 5.91 Å². The molecule has 0 fully saturated rings. The van der Waals surface area contributed by atoms with Crippen LogP contribution in [0.1, 0.15) is 10.4 Å². The Morgan fingerprint density at radius 3 is 2.94 bits per heavy atom. The van der Waals surface area contributed by atoms with E-state index in [2.05, 4.69) is 14.9 Å². The standard InChI is InChI=1S/C9H6ClN3O2S/c10-5-1-2-6(7(14)3-5)9(15)12-8-4-11-13-16-8/h1-4,14H,(H,12,15). The van der Waals surface area contributed by atoms with Gasteiger partial charge in [0.1, 0.15) is 10.8 Å².